The molecule has 0 aliphatic carbocycles. The van der Waals surface area contributed by atoms with Crippen molar-refractivity contribution in [1.29, 1.82) is 0 Å². The molecule has 1 aromatic rings. The van der Waals surface area contributed by atoms with E-state index in [1.165, 1.54) is 6.92 Å². The van der Waals surface area contributed by atoms with Crippen molar-refractivity contribution >= 4 is 11.9 Å². The largest absolute Gasteiger partial charge is 0.481 e. The number of carboxylic acids is 1. The summed E-state index contributed by atoms with van der Waals surface area (Å²) in [6.07, 6.45) is 1.96. The van der Waals surface area contributed by atoms with Crippen molar-refractivity contribution in [3.05, 3.63) is 30.1 Å². The Morgan fingerprint density at radius 1 is 1.50 bits per heavy atom. The molecule has 0 saturated heterocycles. The number of nitrogens with one attached hydrogen (secondary N) is 1. The Hall–Kier alpha value is -1.91. The van der Waals surface area contributed by atoms with E-state index >= 15 is 0 Å². The second-order valence-corrected chi connectivity index (χ2v) is 3.44. The third-order valence-electron chi connectivity index (χ3n) is 2.07. The van der Waals surface area contributed by atoms with Crippen molar-refractivity contribution in [2.45, 2.75) is 25.8 Å². The molecule has 0 fully saturated rings. The highest BCUT2D eigenvalue weighted by Gasteiger charge is 2.14. The minimum Gasteiger partial charge on any atom is -0.481 e. The van der Waals surface area contributed by atoms with Gasteiger partial charge in [-0.2, -0.15) is 0 Å². The van der Waals surface area contributed by atoms with Crippen LogP contribution in [0.5, 0.6) is 0 Å². The molecule has 5 nitrogen and oxygen atoms in total. The average Bonchev–Trinajstić information content (AvgIpc) is 2.25. The Balaban J connectivity index is 2.71. The number of carboxylic acid groups (broad SMARTS) is 1. The number of pyridine rings is 1. The zero-order chi connectivity index (χ0) is 12.0. The van der Waals surface area contributed by atoms with Crippen LogP contribution in [0.15, 0.2) is 24.4 Å². The Morgan fingerprint density at radius 3 is 2.75 bits per heavy atom. The van der Waals surface area contributed by atoms with E-state index in [-0.39, 0.29) is 18.4 Å². The van der Waals surface area contributed by atoms with Crippen LogP contribution in [0.25, 0.3) is 0 Å². The van der Waals surface area contributed by atoms with Crippen molar-refractivity contribution in [1.82, 2.24) is 10.3 Å². The van der Waals surface area contributed by atoms with E-state index in [9.17, 15) is 9.59 Å². The Kier molecular flexibility index (Phi) is 4.44. The summed E-state index contributed by atoms with van der Waals surface area (Å²) in [7, 11) is 0. The van der Waals surface area contributed by atoms with Gasteiger partial charge in [0.1, 0.15) is 0 Å². The number of amides is 1. The van der Waals surface area contributed by atoms with Gasteiger partial charge >= 0.3 is 5.97 Å². The van der Waals surface area contributed by atoms with Gasteiger partial charge in [0.05, 0.1) is 11.7 Å². The molecule has 0 aliphatic heterocycles. The smallest absolute Gasteiger partial charge is 0.303 e. The van der Waals surface area contributed by atoms with E-state index in [4.69, 9.17) is 5.11 Å². The lowest BCUT2D eigenvalue weighted by Crippen LogP contribution is -2.27. The Bertz CT molecular complexity index is 365. The molecule has 1 amide bonds. The third kappa shape index (κ3) is 4.08. The van der Waals surface area contributed by atoms with Crippen LogP contribution < -0.4 is 5.32 Å². The minimum absolute atomic E-state index is 0.00151. The number of rotatable bonds is 5. The number of nitrogens with zero attached hydrogens (tertiary/aromatic N) is 1. The summed E-state index contributed by atoms with van der Waals surface area (Å²) in [4.78, 5) is 25.6. The van der Waals surface area contributed by atoms with Crippen molar-refractivity contribution in [3.8, 4) is 0 Å². The molecule has 0 aliphatic rings. The maximum absolute atomic E-state index is 11.0. The lowest BCUT2D eigenvalue weighted by atomic mass is 10.1. The first-order chi connectivity index (χ1) is 7.59. The molecule has 2 N–H and O–H groups in total. The molecule has 1 aromatic heterocycles. The summed E-state index contributed by atoms with van der Waals surface area (Å²) in [5.74, 6) is -1.08. The van der Waals surface area contributed by atoms with Gasteiger partial charge in [0.2, 0.25) is 5.91 Å². The molecule has 1 heterocycles. The number of carbonyl (C=O) groups excluding carboxylic acids is 1. The van der Waals surface area contributed by atoms with E-state index in [1.54, 1.807) is 24.4 Å². The molecule has 5 heteroatoms. The molecule has 1 atom stereocenters. The molecule has 0 bridgehead atoms. The van der Waals surface area contributed by atoms with Gasteiger partial charge in [-0.3, -0.25) is 14.6 Å². The van der Waals surface area contributed by atoms with Gasteiger partial charge in [-0.1, -0.05) is 6.07 Å². The molecule has 16 heavy (non-hydrogen) atoms. The van der Waals surface area contributed by atoms with Crippen LogP contribution in [0, 0.1) is 0 Å². The standard InChI is InChI=1S/C11H14N2O3/c1-8(14)13-10(5-6-11(15)16)9-4-2-3-7-12-9/h2-4,7,10H,5-6H2,1H3,(H,13,14)(H,15,16). The van der Waals surface area contributed by atoms with Gasteiger partial charge in [-0.25, -0.2) is 0 Å². The summed E-state index contributed by atoms with van der Waals surface area (Å²) in [5, 5.41) is 11.3. The van der Waals surface area contributed by atoms with Crippen LogP contribution in [0.4, 0.5) is 0 Å². The summed E-state index contributed by atoms with van der Waals surface area (Å²) >= 11 is 0. The van der Waals surface area contributed by atoms with Crippen molar-refractivity contribution in [3.63, 3.8) is 0 Å². The molecule has 86 valence electrons. The first-order valence-corrected chi connectivity index (χ1v) is 4.99. The van der Waals surface area contributed by atoms with Gasteiger partial charge in [-0.15, -0.1) is 0 Å². The average molecular weight is 222 g/mol. The molecule has 0 saturated carbocycles. The maximum atomic E-state index is 11.0. The highest BCUT2D eigenvalue weighted by Crippen LogP contribution is 2.15. The van der Waals surface area contributed by atoms with Crippen LogP contribution in [0.2, 0.25) is 0 Å². The van der Waals surface area contributed by atoms with E-state index in [0.717, 1.165) is 0 Å². The second kappa shape index (κ2) is 5.85. The predicted molar refractivity (Wildman–Crippen MR) is 57.7 cm³/mol. The number of carbonyl (C=O) groups is 2. The van der Waals surface area contributed by atoms with Crippen LogP contribution in [-0.2, 0) is 9.59 Å². The molecule has 0 radical (unpaired) electrons. The lowest BCUT2D eigenvalue weighted by molar-refractivity contribution is -0.137. The van der Waals surface area contributed by atoms with Gasteiger partial charge in [0, 0.05) is 19.5 Å². The van der Waals surface area contributed by atoms with Crippen LogP contribution in [-0.4, -0.2) is 22.0 Å². The fraction of sp³-hybridized carbons (Fsp3) is 0.364. The fourth-order valence-corrected chi connectivity index (χ4v) is 1.39. The zero-order valence-electron chi connectivity index (χ0n) is 9.01. The minimum atomic E-state index is -0.883. The molecular formula is C11H14N2O3. The molecule has 1 rings (SSSR count). The lowest BCUT2D eigenvalue weighted by Gasteiger charge is -2.16. The van der Waals surface area contributed by atoms with Gasteiger partial charge in [0.15, 0.2) is 0 Å². The number of hydrogen-bond donors (Lipinski definition) is 2. The molecule has 0 spiro atoms. The van der Waals surface area contributed by atoms with E-state index in [1.807, 2.05) is 0 Å². The summed E-state index contributed by atoms with van der Waals surface area (Å²) < 4.78 is 0. The molecule has 1 unspecified atom stereocenters. The van der Waals surface area contributed by atoms with Crippen molar-refractivity contribution < 1.29 is 14.7 Å². The van der Waals surface area contributed by atoms with Gasteiger partial charge < -0.3 is 10.4 Å². The third-order valence-corrected chi connectivity index (χ3v) is 2.07. The number of hydrogen-bond acceptors (Lipinski definition) is 3. The van der Waals surface area contributed by atoms with E-state index in [0.29, 0.717) is 12.1 Å². The summed E-state index contributed by atoms with van der Waals surface area (Å²) in [5.41, 5.74) is 0.680. The van der Waals surface area contributed by atoms with Crippen LogP contribution >= 0.6 is 0 Å². The van der Waals surface area contributed by atoms with E-state index < -0.39 is 5.97 Å². The second-order valence-electron chi connectivity index (χ2n) is 3.44. The quantitative estimate of drug-likeness (QED) is 0.782. The first kappa shape index (κ1) is 12.2. The van der Waals surface area contributed by atoms with Crippen molar-refractivity contribution in [2.24, 2.45) is 0 Å². The highest BCUT2D eigenvalue weighted by molar-refractivity contribution is 5.73. The summed E-state index contributed by atoms with van der Waals surface area (Å²) in [6.45, 7) is 1.40. The monoisotopic (exact) mass is 222 g/mol. The number of aromatic nitrogens is 1. The van der Waals surface area contributed by atoms with E-state index in [2.05, 4.69) is 10.3 Å². The Labute approximate surface area is 93.5 Å². The topological polar surface area (TPSA) is 79.3 Å². The predicted octanol–water partition coefficient (Wildman–Crippen LogP) is 1.12. The number of aliphatic carboxylic acids is 1. The Morgan fingerprint density at radius 2 is 2.25 bits per heavy atom. The fourth-order valence-electron chi connectivity index (χ4n) is 1.39. The SMILES string of the molecule is CC(=O)NC(CCC(=O)O)c1ccccn1. The first-order valence-electron chi connectivity index (χ1n) is 4.99. The van der Waals surface area contributed by atoms with Crippen molar-refractivity contribution in [2.75, 3.05) is 0 Å². The maximum Gasteiger partial charge on any atom is 0.303 e. The van der Waals surface area contributed by atoms with Gasteiger partial charge in [0.25, 0.3) is 0 Å². The molecule has 0 aromatic carbocycles. The van der Waals surface area contributed by atoms with Gasteiger partial charge in [-0.05, 0) is 18.6 Å². The summed E-state index contributed by atoms with van der Waals surface area (Å²) in [6, 6.07) is 5.00. The highest BCUT2D eigenvalue weighted by atomic mass is 16.4. The van der Waals surface area contributed by atoms with Crippen LogP contribution in [0.3, 0.4) is 0 Å². The molecular weight excluding hydrogens is 208 g/mol. The van der Waals surface area contributed by atoms with Crippen LogP contribution in [0.1, 0.15) is 31.5 Å². The zero-order valence-corrected chi connectivity index (χ0v) is 9.01. The normalized spacial score (nSPS) is 11.8.